The van der Waals surface area contributed by atoms with Crippen molar-refractivity contribution >= 4 is 11.8 Å². The molecule has 0 aliphatic carbocycles. The molecule has 1 N–H and O–H groups in total. The van der Waals surface area contributed by atoms with E-state index in [0.29, 0.717) is 0 Å². The maximum Gasteiger partial charge on any atom is 0.110 e. The Morgan fingerprint density at radius 2 is 2.41 bits per heavy atom. The van der Waals surface area contributed by atoms with Crippen molar-refractivity contribution in [2.24, 2.45) is 7.05 Å². The molecule has 1 aromatic heterocycles. The Morgan fingerprint density at radius 3 is 3.18 bits per heavy atom. The van der Waals surface area contributed by atoms with Gasteiger partial charge in [-0.15, -0.1) is 0 Å². The van der Waals surface area contributed by atoms with Crippen LogP contribution in [0.5, 0.6) is 0 Å². The number of fused-ring (bicyclic) bond motifs is 1. The van der Waals surface area contributed by atoms with Crippen LogP contribution in [-0.4, -0.2) is 27.1 Å². The SMILES string of the molecule is Cn1c(CC2CCCCS2)nc2c1CCNC2. The number of hydrogen-bond donors (Lipinski definition) is 1. The predicted octanol–water partition coefficient (Wildman–Crippen LogP) is 1.89. The molecule has 2 aliphatic heterocycles. The summed E-state index contributed by atoms with van der Waals surface area (Å²) in [7, 11) is 2.19. The summed E-state index contributed by atoms with van der Waals surface area (Å²) in [6.45, 7) is 2.06. The van der Waals surface area contributed by atoms with Gasteiger partial charge < -0.3 is 9.88 Å². The molecule has 1 fully saturated rings. The second kappa shape index (κ2) is 5.02. The highest BCUT2D eigenvalue weighted by Gasteiger charge is 2.21. The van der Waals surface area contributed by atoms with E-state index in [1.807, 2.05) is 0 Å². The summed E-state index contributed by atoms with van der Waals surface area (Å²) in [4.78, 5) is 4.83. The lowest BCUT2D eigenvalue weighted by Crippen LogP contribution is -2.24. The average Bonchev–Trinajstić information content (AvgIpc) is 2.68. The highest BCUT2D eigenvalue weighted by Crippen LogP contribution is 2.28. The fourth-order valence-corrected chi connectivity index (χ4v) is 4.17. The minimum atomic E-state index is 0.805. The molecule has 0 spiro atoms. The van der Waals surface area contributed by atoms with E-state index in [-0.39, 0.29) is 0 Å². The van der Waals surface area contributed by atoms with Crippen molar-refractivity contribution in [2.75, 3.05) is 12.3 Å². The van der Waals surface area contributed by atoms with E-state index in [9.17, 15) is 0 Å². The van der Waals surface area contributed by atoms with Crippen LogP contribution >= 0.6 is 11.8 Å². The zero-order valence-electron chi connectivity index (χ0n) is 10.5. The van der Waals surface area contributed by atoms with Crippen molar-refractivity contribution in [3.8, 4) is 0 Å². The third kappa shape index (κ3) is 2.38. The molecule has 0 aromatic carbocycles. The summed E-state index contributed by atoms with van der Waals surface area (Å²) in [5, 5.41) is 4.21. The number of imidazole rings is 1. The molecule has 1 aromatic rings. The van der Waals surface area contributed by atoms with E-state index in [2.05, 4.69) is 28.7 Å². The monoisotopic (exact) mass is 251 g/mol. The Bertz CT molecular complexity index is 394. The van der Waals surface area contributed by atoms with Crippen molar-refractivity contribution in [3.63, 3.8) is 0 Å². The Balaban J connectivity index is 1.76. The quantitative estimate of drug-likeness (QED) is 0.870. The van der Waals surface area contributed by atoms with E-state index >= 15 is 0 Å². The summed E-state index contributed by atoms with van der Waals surface area (Å²) >= 11 is 2.14. The molecule has 4 heteroatoms. The molecular formula is C13H21N3S. The molecule has 0 bridgehead atoms. The minimum Gasteiger partial charge on any atom is -0.335 e. The smallest absolute Gasteiger partial charge is 0.110 e. The van der Waals surface area contributed by atoms with Crippen molar-refractivity contribution < 1.29 is 0 Å². The molecule has 0 saturated carbocycles. The molecule has 0 amide bonds. The Morgan fingerprint density at radius 1 is 1.47 bits per heavy atom. The maximum atomic E-state index is 4.83. The van der Waals surface area contributed by atoms with Gasteiger partial charge in [0.1, 0.15) is 5.82 Å². The zero-order chi connectivity index (χ0) is 11.7. The lowest BCUT2D eigenvalue weighted by Gasteiger charge is -2.20. The predicted molar refractivity (Wildman–Crippen MR) is 72.4 cm³/mol. The van der Waals surface area contributed by atoms with E-state index in [4.69, 9.17) is 4.98 Å². The summed E-state index contributed by atoms with van der Waals surface area (Å²) < 4.78 is 2.35. The fraction of sp³-hybridized carbons (Fsp3) is 0.769. The van der Waals surface area contributed by atoms with Gasteiger partial charge in [0.2, 0.25) is 0 Å². The first kappa shape index (κ1) is 11.6. The molecule has 3 rings (SSSR count). The number of nitrogens with one attached hydrogen (secondary N) is 1. The minimum absolute atomic E-state index is 0.805. The molecule has 1 unspecified atom stereocenters. The molecule has 3 heterocycles. The van der Waals surface area contributed by atoms with Crippen LogP contribution in [0.25, 0.3) is 0 Å². The van der Waals surface area contributed by atoms with Crippen LogP contribution in [0.1, 0.15) is 36.5 Å². The number of thioether (sulfide) groups is 1. The number of nitrogens with zero attached hydrogens (tertiary/aromatic N) is 2. The largest absolute Gasteiger partial charge is 0.335 e. The average molecular weight is 251 g/mol. The highest BCUT2D eigenvalue weighted by molar-refractivity contribution is 7.99. The topological polar surface area (TPSA) is 29.9 Å². The van der Waals surface area contributed by atoms with Gasteiger partial charge in [0.15, 0.2) is 0 Å². The van der Waals surface area contributed by atoms with Crippen molar-refractivity contribution in [2.45, 2.75) is 43.9 Å². The second-order valence-electron chi connectivity index (χ2n) is 5.10. The van der Waals surface area contributed by atoms with Crippen LogP contribution < -0.4 is 5.32 Å². The van der Waals surface area contributed by atoms with Crippen molar-refractivity contribution in [3.05, 3.63) is 17.2 Å². The first-order chi connectivity index (χ1) is 8.34. The second-order valence-corrected chi connectivity index (χ2v) is 6.51. The zero-order valence-corrected chi connectivity index (χ0v) is 11.4. The maximum absolute atomic E-state index is 4.83. The van der Waals surface area contributed by atoms with Gasteiger partial charge in [0.25, 0.3) is 0 Å². The van der Waals surface area contributed by atoms with E-state index in [1.54, 1.807) is 0 Å². The normalized spacial score (nSPS) is 24.6. The van der Waals surface area contributed by atoms with Crippen LogP contribution in [-0.2, 0) is 26.4 Å². The number of rotatable bonds is 2. The highest BCUT2D eigenvalue weighted by atomic mass is 32.2. The lowest BCUT2D eigenvalue weighted by atomic mass is 10.1. The lowest BCUT2D eigenvalue weighted by molar-refractivity contribution is 0.606. The third-order valence-electron chi connectivity index (χ3n) is 3.90. The number of hydrogen-bond acceptors (Lipinski definition) is 3. The van der Waals surface area contributed by atoms with Crippen LogP contribution in [0.4, 0.5) is 0 Å². The molecule has 1 saturated heterocycles. The standard InChI is InChI=1S/C13H21N3S/c1-16-12-5-6-14-9-11(12)15-13(16)8-10-4-2-3-7-17-10/h10,14H,2-9H2,1H3. The van der Waals surface area contributed by atoms with Crippen molar-refractivity contribution in [1.29, 1.82) is 0 Å². The van der Waals surface area contributed by atoms with Crippen LogP contribution in [0, 0.1) is 0 Å². The summed E-state index contributed by atoms with van der Waals surface area (Å²) in [6.07, 6.45) is 6.48. The fourth-order valence-electron chi connectivity index (χ4n) is 2.87. The molecule has 3 nitrogen and oxygen atoms in total. The van der Waals surface area contributed by atoms with Gasteiger partial charge in [0.05, 0.1) is 5.69 Å². The van der Waals surface area contributed by atoms with E-state index in [0.717, 1.165) is 31.2 Å². The van der Waals surface area contributed by atoms with Crippen molar-refractivity contribution in [1.82, 2.24) is 14.9 Å². The Kier molecular flexibility index (Phi) is 3.43. The molecular weight excluding hydrogens is 230 g/mol. The van der Waals surface area contributed by atoms with Gasteiger partial charge in [-0.3, -0.25) is 0 Å². The van der Waals surface area contributed by atoms with Gasteiger partial charge in [-0.2, -0.15) is 11.8 Å². The molecule has 17 heavy (non-hydrogen) atoms. The van der Waals surface area contributed by atoms with Gasteiger partial charge >= 0.3 is 0 Å². The third-order valence-corrected chi connectivity index (χ3v) is 5.30. The first-order valence-corrected chi connectivity index (χ1v) is 7.75. The molecule has 2 aliphatic rings. The number of aromatic nitrogens is 2. The van der Waals surface area contributed by atoms with Gasteiger partial charge in [0, 0.05) is 43.9 Å². The summed E-state index contributed by atoms with van der Waals surface area (Å²) in [5.74, 6) is 2.65. The van der Waals surface area contributed by atoms with E-state index in [1.165, 1.54) is 42.2 Å². The van der Waals surface area contributed by atoms with Crippen LogP contribution in [0.2, 0.25) is 0 Å². The summed E-state index contributed by atoms with van der Waals surface area (Å²) in [5.41, 5.74) is 2.74. The van der Waals surface area contributed by atoms with Crippen LogP contribution in [0.15, 0.2) is 0 Å². The van der Waals surface area contributed by atoms with E-state index < -0.39 is 0 Å². The summed E-state index contributed by atoms with van der Waals surface area (Å²) in [6, 6.07) is 0. The first-order valence-electron chi connectivity index (χ1n) is 6.70. The Hall–Kier alpha value is -0.480. The molecule has 1 atom stereocenters. The van der Waals surface area contributed by atoms with Gasteiger partial charge in [-0.05, 0) is 18.6 Å². The van der Waals surface area contributed by atoms with Gasteiger partial charge in [-0.25, -0.2) is 4.98 Å². The van der Waals surface area contributed by atoms with Gasteiger partial charge in [-0.1, -0.05) is 6.42 Å². The Labute approximate surface area is 107 Å². The molecule has 94 valence electrons. The van der Waals surface area contributed by atoms with Crippen LogP contribution in [0.3, 0.4) is 0 Å². The molecule has 0 radical (unpaired) electrons.